The van der Waals surface area contributed by atoms with Gasteiger partial charge in [0, 0.05) is 0 Å². The van der Waals surface area contributed by atoms with Crippen molar-refractivity contribution in [2.75, 3.05) is 6.61 Å². The normalized spacial score (nSPS) is 18.8. The molecule has 0 radical (unpaired) electrons. The Kier molecular flexibility index (Phi) is 5.87. The summed E-state index contributed by atoms with van der Waals surface area (Å²) in [4.78, 5) is 9.51. The third-order valence-corrected chi connectivity index (χ3v) is 3.13. The highest BCUT2D eigenvalue weighted by atomic mass is 31.2. The Labute approximate surface area is 105 Å². The largest absolute Gasteiger partial charge is 0.472 e. The first kappa shape index (κ1) is 17.1. The van der Waals surface area contributed by atoms with Gasteiger partial charge >= 0.3 is 7.82 Å². The monoisotopic (exact) mass is 266 g/mol. The van der Waals surface area contributed by atoms with Crippen LogP contribution in [0.2, 0.25) is 0 Å². The van der Waals surface area contributed by atoms with E-state index in [1.165, 1.54) is 0 Å². The maximum absolute atomic E-state index is 11.6. The summed E-state index contributed by atoms with van der Waals surface area (Å²) in [5.41, 5.74) is -0.495. The van der Waals surface area contributed by atoms with E-state index in [1.807, 2.05) is 6.92 Å². The lowest BCUT2D eigenvalue weighted by Gasteiger charge is -2.26. The van der Waals surface area contributed by atoms with E-state index in [2.05, 4.69) is 20.8 Å². The van der Waals surface area contributed by atoms with Crippen LogP contribution in [0.3, 0.4) is 0 Å². The molecule has 0 spiro atoms. The lowest BCUT2D eigenvalue weighted by molar-refractivity contribution is 0.0530. The molecule has 0 heterocycles. The van der Waals surface area contributed by atoms with Gasteiger partial charge in [0.1, 0.15) is 0 Å². The summed E-state index contributed by atoms with van der Waals surface area (Å²) < 4.78 is 21.6. The quantitative estimate of drug-likeness (QED) is 0.764. The topological polar surface area (TPSA) is 55.8 Å². The van der Waals surface area contributed by atoms with Crippen molar-refractivity contribution in [1.29, 1.82) is 0 Å². The Bertz CT molecular complexity index is 275. The summed E-state index contributed by atoms with van der Waals surface area (Å²) >= 11 is 0. The fourth-order valence-electron chi connectivity index (χ4n) is 1.70. The molecule has 0 aliphatic carbocycles. The molecule has 0 fully saturated rings. The first-order valence-corrected chi connectivity index (χ1v) is 7.48. The molecule has 0 saturated heterocycles. The molecule has 17 heavy (non-hydrogen) atoms. The summed E-state index contributed by atoms with van der Waals surface area (Å²) in [5.74, 6) is 0.221. The molecule has 104 valence electrons. The van der Waals surface area contributed by atoms with Crippen LogP contribution in [0, 0.1) is 11.3 Å². The summed E-state index contributed by atoms with van der Waals surface area (Å²) in [6.07, 6.45) is 0.933. The number of hydrogen-bond donors (Lipinski definition) is 1. The summed E-state index contributed by atoms with van der Waals surface area (Å²) in [7, 11) is -3.93. The summed E-state index contributed by atoms with van der Waals surface area (Å²) in [6, 6.07) is 0. The van der Waals surface area contributed by atoms with Crippen molar-refractivity contribution in [3.8, 4) is 0 Å². The van der Waals surface area contributed by atoms with Gasteiger partial charge in [-0.2, -0.15) is 0 Å². The van der Waals surface area contributed by atoms with Crippen LogP contribution in [0.15, 0.2) is 0 Å². The minimum absolute atomic E-state index is 0.188. The number of phosphoric ester groups is 1. The van der Waals surface area contributed by atoms with Crippen molar-refractivity contribution in [2.24, 2.45) is 11.3 Å². The highest BCUT2D eigenvalue weighted by molar-refractivity contribution is 7.47. The van der Waals surface area contributed by atoms with E-state index in [0.29, 0.717) is 0 Å². The predicted octanol–water partition coefficient (Wildman–Crippen LogP) is 3.99. The Morgan fingerprint density at radius 2 is 1.65 bits per heavy atom. The minimum Gasteiger partial charge on any atom is -0.302 e. The maximum Gasteiger partial charge on any atom is 0.472 e. The highest BCUT2D eigenvalue weighted by Crippen LogP contribution is 2.47. The maximum atomic E-state index is 11.6. The fourth-order valence-corrected chi connectivity index (χ4v) is 2.89. The van der Waals surface area contributed by atoms with E-state index in [4.69, 9.17) is 9.05 Å². The van der Waals surface area contributed by atoms with Crippen LogP contribution in [-0.4, -0.2) is 17.1 Å². The smallest absolute Gasteiger partial charge is 0.302 e. The molecular formula is C12H27O4P. The second kappa shape index (κ2) is 5.83. The van der Waals surface area contributed by atoms with E-state index in [-0.39, 0.29) is 17.9 Å². The number of rotatable bonds is 5. The number of hydrogen-bond acceptors (Lipinski definition) is 3. The highest BCUT2D eigenvalue weighted by Gasteiger charge is 2.29. The van der Waals surface area contributed by atoms with Crippen molar-refractivity contribution in [3.05, 3.63) is 0 Å². The van der Waals surface area contributed by atoms with Crippen molar-refractivity contribution < 1.29 is 18.5 Å². The second-order valence-corrected chi connectivity index (χ2v) is 8.22. The van der Waals surface area contributed by atoms with E-state index in [1.54, 1.807) is 20.8 Å². The summed E-state index contributed by atoms with van der Waals surface area (Å²) in [5, 5.41) is 0. The van der Waals surface area contributed by atoms with E-state index >= 15 is 0 Å². The molecule has 0 aliphatic rings. The van der Waals surface area contributed by atoms with Gasteiger partial charge in [0.05, 0.1) is 12.2 Å². The first-order valence-electron chi connectivity index (χ1n) is 5.99. The lowest BCUT2D eigenvalue weighted by atomic mass is 9.86. The molecule has 4 nitrogen and oxygen atoms in total. The second-order valence-electron chi connectivity index (χ2n) is 6.84. The molecule has 0 amide bonds. The van der Waals surface area contributed by atoms with E-state index in [9.17, 15) is 9.46 Å². The van der Waals surface area contributed by atoms with Crippen LogP contribution < -0.4 is 0 Å². The van der Waals surface area contributed by atoms with Gasteiger partial charge < -0.3 is 4.89 Å². The molecule has 0 rings (SSSR count). The van der Waals surface area contributed by atoms with Crippen LogP contribution in [-0.2, 0) is 13.6 Å². The van der Waals surface area contributed by atoms with Crippen molar-refractivity contribution in [1.82, 2.24) is 0 Å². The Morgan fingerprint density at radius 3 is 2.00 bits per heavy atom. The zero-order chi connectivity index (χ0) is 13.9. The molecule has 0 aliphatic heterocycles. The Morgan fingerprint density at radius 1 is 1.18 bits per heavy atom. The average Bonchev–Trinajstić information content (AvgIpc) is 1.92. The molecule has 5 heteroatoms. The van der Waals surface area contributed by atoms with E-state index in [0.717, 1.165) is 6.42 Å². The van der Waals surface area contributed by atoms with Crippen LogP contribution in [0.1, 0.15) is 54.9 Å². The standard InChI is InChI=1S/C12H27O4P/c1-10(8-11(2,3)4)9-15-17(13,14)16-12(5,6)7/h10H,8-9H2,1-7H3,(H,13,14). The molecule has 2 unspecified atom stereocenters. The van der Waals surface area contributed by atoms with Gasteiger partial charge in [-0.15, -0.1) is 0 Å². The third kappa shape index (κ3) is 11.0. The van der Waals surface area contributed by atoms with E-state index < -0.39 is 13.4 Å². The Balaban J connectivity index is 4.15. The predicted molar refractivity (Wildman–Crippen MR) is 69.9 cm³/mol. The fraction of sp³-hybridized carbons (Fsp3) is 1.00. The lowest BCUT2D eigenvalue weighted by Crippen LogP contribution is -2.20. The third-order valence-electron chi connectivity index (χ3n) is 1.87. The zero-order valence-corrected chi connectivity index (χ0v) is 13.0. The van der Waals surface area contributed by atoms with Crippen molar-refractivity contribution >= 4 is 7.82 Å². The van der Waals surface area contributed by atoms with Crippen molar-refractivity contribution in [3.63, 3.8) is 0 Å². The van der Waals surface area contributed by atoms with Gasteiger partial charge in [0.25, 0.3) is 0 Å². The van der Waals surface area contributed by atoms with Crippen LogP contribution in [0.5, 0.6) is 0 Å². The van der Waals surface area contributed by atoms with Gasteiger partial charge in [-0.05, 0) is 38.5 Å². The Hall–Kier alpha value is 0.110. The first-order chi connectivity index (χ1) is 7.31. The SMILES string of the molecule is CC(COP(=O)(O)OC(C)(C)C)CC(C)(C)C. The van der Waals surface area contributed by atoms with Gasteiger partial charge in [0.2, 0.25) is 0 Å². The molecule has 0 bridgehead atoms. The molecule has 0 saturated carbocycles. The molecule has 0 aromatic heterocycles. The zero-order valence-electron chi connectivity index (χ0n) is 12.1. The molecule has 1 N–H and O–H groups in total. The molecule has 0 aromatic rings. The molecular weight excluding hydrogens is 239 g/mol. The van der Waals surface area contributed by atoms with Gasteiger partial charge in [-0.1, -0.05) is 27.7 Å². The minimum atomic E-state index is -3.93. The van der Waals surface area contributed by atoms with Gasteiger partial charge in [-0.25, -0.2) is 4.57 Å². The summed E-state index contributed by atoms with van der Waals surface area (Å²) in [6.45, 7) is 13.8. The molecule has 0 aromatic carbocycles. The van der Waals surface area contributed by atoms with Gasteiger partial charge in [0.15, 0.2) is 0 Å². The average molecular weight is 266 g/mol. The van der Waals surface area contributed by atoms with Crippen LogP contribution >= 0.6 is 7.82 Å². The van der Waals surface area contributed by atoms with Crippen LogP contribution in [0.4, 0.5) is 0 Å². The van der Waals surface area contributed by atoms with Crippen molar-refractivity contribution in [2.45, 2.75) is 60.5 Å². The molecule has 2 atom stereocenters. The van der Waals surface area contributed by atoms with Crippen LogP contribution in [0.25, 0.3) is 0 Å². The van der Waals surface area contributed by atoms with Gasteiger partial charge in [-0.3, -0.25) is 9.05 Å². The number of phosphoric acid groups is 1.